The molecule has 1 amide bonds. The second-order valence-electron chi connectivity index (χ2n) is 6.05. The van der Waals surface area contributed by atoms with Gasteiger partial charge in [-0.15, -0.1) is 0 Å². The van der Waals surface area contributed by atoms with Crippen LogP contribution >= 0.6 is 22.9 Å². The standard InChI is InChI=1S/C20H15ClN2O2S/c1-22-18-12-16-10-15(11-17(21)19(16)26-18)13-2-4-14(5-3-13)20(24)23-6-8-25-9-7-23/h2-5,10-12H,6-9H2. The van der Waals surface area contributed by atoms with Crippen LogP contribution in [0.3, 0.4) is 0 Å². The summed E-state index contributed by atoms with van der Waals surface area (Å²) in [6.07, 6.45) is 0. The lowest BCUT2D eigenvalue weighted by Gasteiger charge is -2.26. The summed E-state index contributed by atoms with van der Waals surface area (Å²) in [6.45, 7) is 9.61. The molecule has 0 spiro atoms. The van der Waals surface area contributed by atoms with Crippen LogP contribution in [0.4, 0.5) is 5.00 Å². The van der Waals surface area contributed by atoms with E-state index in [1.807, 2.05) is 47.4 Å². The summed E-state index contributed by atoms with van der Waals surface area (Å²) in [4.78, 5) is 17.8. The van der Waals surface area contributed by atoms with Gasteiger partial charge in [-0.25, -0.2) is 4.85 Å². The van der Waals surface area contributed by atoms with Crippen molar-refractivity contribution < 1.29 is 9.53 Å². The van der Waals surface area contributed by atoms with Crippen molar-refractivity contribution in [2.24, 2.45) is 0 Å². The van der Waals surface area contributed by atoms with Gasteiger partial charge < -0.3 is 9.64 Å². The van der Waals surface area contributed by atoms with Gasteiger partial charge in [0.25, 0.3) is 5.91 Å². The fourth-order valence-electron chi connectivity index (χ4n) is 3.07. The average Bonchev–Trinajstić information content (AvgIpc) is 3.12. The summed E-state index contributed by atoms with van der Waals surface area (Å²) < 4.78 is 6.23. The van der Waals surface area contributed by atoms with Gasteiger partial charge in [0.2, 0.25) is 5.00 Å². The molecule has 0 unspecified atom stereocenters. The van der Waals surface area contributed by atoms with Gasteiger partial charge in [-0.05, 0) is 46.8 Å². The number of hydrogen-bond acceptors (Lipinski definition) is 3. The molecule has 0 atom stereocenters. The lowest BCUT2D eigenvalue weighted by atomic mass is 10.0. The van der Waals surface area contributed by atoms with E-state index in [0.29, 0.717) is 41.9 Å². The molecule has 1 aromatic heterocycles. The Labute approximate surface area is 160 Å². The van der Waals surface area contributed by atoms with Crippen LogP contribution in [0.1, 0.15) is 10.4 Å². The number of nitrogens with zero attached hydrogens (tertiary/aromatic N) is 2. The fraction of sp³-hybridized carbons (Fsp3) is 0.200. The number of halogens is 1. The Bertz CT molecular complexity index is 1010. The lowest BCUT2D eigenvalue weighted by molar-refractivity contribution is 0.0303. The topological polar surface area (TPSA) is 33.9 Å². The molecule has 0 saturated carbocycles. The summed E-state index contributed by atoms with van der Waals surface area (Å²) in [5.41, 5.74) is 2.64. The highest BCUT2D eigenvalue weighted by molar-refractivity contribution is 7.23. The predicted octanol–water partition coefficient (Wildman–Crippen LogP) is 5.24. The largest absolute Gasteiger partial charge is 0.378 e. The van der Waals surface area contributed by atoms with Crippen LogP contribution in [0, 0.1) is 6.57 Å². The maximum absolute atomic E-state index is 12.5. The van der Waals surface area contributed by atoms with Crippen LogP contribution in [0.25, 0.3) is 26.1 Å². The van der Waals surface area contributed by atoms with Gasteiger partial charge in [-0.2, -0.15) is 11.3 Å². The smallest absolute Gasteiger partial charge is 0.254 e. The van der Waals surface area contributed by atoms with Crippen LogP contribution in [0.2, 0.25) is 5.02 Å². The van der Waals surface area contributed by atoms with Crippen LogP contribution in [-0.4, -0.2) is 37.1 Å². The van der Waals surface area contributed by atoms with Crippen molar-refractivity contribution in [3.8, 4) is 11.1 Å². The maximum Gasteiger partial charge on any atom is 0.254 e. The Hall–Kier alpha value is -2.39. The minimum absolute atomic E-state index is 0.0351. The molecule has 4 rings (SSSR count). The summed E-state index contributed by atoms with van der Waals surface area (Å²) in [6, 6.07) is 13.4. The number of benzene rings is 2. The van der Waals surface area contributed by atoms with Gasteiger partial charge >= 0.3 is 0 Å². The van der Waals surface area contributed by atoms with Gasteiger partial charge in [0.15, 0.2) is 0 Å². The second-order valence-corrected chi connectivity index (χ2v) is 7.49. The number of fused-ring (bicyclic) bond motifs is 1. The number of hydrogen-bond donors (Lipinski definition) is 0. The zero-order chi connectivity index (χ0) is 18.1. The molecule has 4 nitrogen and oxygen atoms in total. The van der Waals surface area contributed by atoms with Crippen LogP contribution < -0.4 is 0 Å². The quantitative estimate of drug-likeness (QED) is 0.567. The molecule has 26 heavy (non-hydrogen) atoms. The Balaban J connectivity index is 1.63. The van der Waals surface area contributed by atoms with E-state index in [0.717, 1.165) is 21.2 Å². The molecular formula is C20H15ClN2O2S. The van der Waals surface area contributed by atoms with E-state index >= 15 is 0 Å². The Kier molecular flexibility index (Phi) is 4.64. The summed E-state index contributed by atoms with van der Waals surface area (Å²) in [5.74, 6) is 0.0351. The van der Waals surface area contributed by atoms with Crippen molar-refractivity contribution in [2.45, 2.75) is 0 Å². The predicted molar refractivity (Wildman–Crippen MR) is 105 cm³/mol. The summed E-state index contributed by atoms with van der Waals surface area (Å²) >= 11 is 7.80. The van der Waals surface area contributed by atoms with Crippen molar-refractivity contribution in [1.82, 2.24) is 4.90 Å². The Morgan fingerprint density at radius 2 is 1.85 bits per heavy atom. The molecule has 1 aliphatic rings. The van der Waals surface area contributed by atoms with Gasteiger partial charge in [-0.3, -0.25) is 4.79 Å². The third-order valence-corrected chi connectivity index (χ3v) is 5.92. The number of carbonyl (C=O) groups excluding carboxylic acids is 1. The number of rotatable bonds is 2. The monoisotopic (exact) mass is 382 g/mol. The van der Waals surface area contributed by atoms with E-state index < -0.39 is 0 Å². The molecule has 0 aliphatic carbocycles. The Morgan fingerprint density at radius 3 is 2.54 bits per heavy atom. The number of carbonyl (C=O) groups is 1. The van der Waals surface area contributed by atoms with Gasteiger partial charge in [0.05, 0.1) is 24.8 Å². The molecule has 1 fully saturated rings. The van der Waals surface area contributed by atoms with Crippen LogP contribution in [0.15, 0.2) is 42.5 Å². The van der Waals surface area contributed by atoms with Gasteiger partial charge in [0, 0.05) is 23.4 Å². The van der Waals surface area contributed by atoms with Crippen molar-refractivity contribution in [2.75, 3.05) is 26.3 Å². The number of amides is 1. The highest BCUT2D eigenvalue weighted by Crippen LogP contribution is 2.39. The van der Waals surface area contributed by atoms with E-state index in [1.54, 1.807) is 0 Å². The number of morpholine rings is 1. The number of ether oxygens (including phenoxy) is 1. The first-order valence-electron chi connectivity index (χ1n) is 8.24. The first-order valence-corrected chi connectivity index (χ1v) is 9.43. The fourth-order valence-corrected chi connectivity index (χ4v) is 4.25. The molecule has 0 radical (unpaired) electrons. The molecule has 2 heterocycles. The van der Waals surface area contributed by atoms with E-state index in [-0.39, 0.29) is 5.91 Å². The van der Waals surface area contributed by atoms with E-state index in [2.05, 4.69) is 4.85 Å². The average molecular weight is 383 g/mol. The molecule has 1 saturated heterocycles. The van der Waals surface area contributed by atoms with Crippen molar-refractivity contribution in [3.63, 3.8) is 0 Å². The molecule has 1 aliphatic heterocycles. The van der Waals surface area contributed by atoms with Crippen molar-refractivity contribution in [3.05, 3.63) is 64.5 Å². The minimum atomic E-state index is 0.0351. The SMILES string of the molecule is [C-]#[N+]c1cc2cc(-c3ccc(C(=O)N4CCOCC4)cc3)cc(Cl)c2s1. The highest BCUT2D eigenvalue weighted by Gasteiger charge is 2.18. The molecule has 0 N–H and O–H groups in total. The summed E-state index contributed by atoms with van der Waals surface area (Å²) in [7, 11) is 0. The molecule has 2 aromatic carbocycles. The highest BCUT2D eigenvalue weighted by atomic mass is 35.5. The summed E-state index contributed by atoms with van der Waals surface area (Å²) in [5, 5.41) is 2.24. The van der Waals surface area contributed by atoms with Crippen LogP contribution in [0.5, 0.6) is 0 Å². The van der Waals surface area contributed by atoms with E-state index in [1.165, 1.54) is 11.3 Å². The molecule has 3 aromatic rings. The minimum Gasteiger partial charge on any atom is -0.378 e. The van der Waals surface area contributed by atoms with Crippen molar-refractivity contribution in [1.29, 1.82) is 0 Å². The second kappa shape index (κ2) is 7.08. The van der Waals surface area contributed by atoms with Crippen LogP contribution in [-0.2, 0) is 4.74 Å². The first-order chi connectivity index (χ1) is 12.7. The molecule has 130 valence electrons. The zero-order valence-electron chi connectivity index (χ0n) is 13.9. The normalized spacial score (nSPS) is 14.4. The lowest BCUT2D eigenvalue weighted by Crippen LogP contribution is -2.40. The van der Waals surface area contributed by atoms with E-state index in [4.69, 9.17) is 22.9 Å². The van der Waals surface area contributed by atoms with E-state index in [9.17, 15) is 4.79 Å². The molecule has 6 heteroatoms. The maximum atomic E-state index is 12.5. The first kappa shape index (κ1) is 17.0. The number of thiophene rings is 1. The molecule has 0 bridgehead atoms. The van der Waals surface area contributed by atoms with Gasteiger partial charge in [0.1, 0.15) is 0 Å². The third-order valence-electron chi connectivity index (χ3n) is 4.43. The van der Waals surface area contributed by atoms with Gasteiger partial charge in [-0.1, -0.05) is 23.7 Å². The Morgan fingerprint density at radius 1 is 1.12 bits per heavy atom. The van der Waals surface area contributed by atoms with Crippen molar-refractivity contribution >= 4 is 43.9 Å². The molecular weight excluding hydrogens is 368 g/mol. The zero-order valence-corrected chi connectivity index (χ0v) is 15.4. The third kappa shape index (κ3) is 3.19.